The highest BCUT2D eigenvalue weighted by atomic mass is 15.2. The normalized spacial score (nSPS) is 14.5. The Morgan fingerprint density at radius 2 is 0.800 bits per heavy atom. The van der Waals surface area contributed by atoms with Crippen molar-refractivity contribution in [2.75, 3.05) is 9.80 Å². The van der Waals surface area contributed by atoms with Crippen LogP contribution in [0.2, 0.25) is 0 Å². The molecule has 0 amide bonds. The van der Waals surface area contributed by atoms with Gasteiger partial charge in [-0.15, -0.1) is 0 Å². The Hall–Kier alpha value is -8.60. The molecule has 1 aromatic heterocycles. The van der Waals surface area contributed by atoms with E-state index in [1.54, 1.807) is 0 Å². The molecule has 0 N–H and O–H groups in total. The van der Waals surface area contributed by atoms with Gasteiger partial charge in [0.25, 0.3) is 6.71 Å². The number of hydrogen-bond donors (Lipinski definition) is 0. The van der Waals surface area contributed by atoms with E-state index in [1.807, 2.05) is 0 Å². The van der Waals surface area contributed by atoms with Crippen molar-refractivity contribution in [1.29, 1.82) is 0 Å². The SMILES string of the molecule is CC(C)(C)c1cc(N2c3cc4ccccc4cc3B3c4cc5ccccc5cc4N(c4cc(C(C)(C)C)cc(C(C)(C)C)c4)c4cc(-c5ccc6c(c5)c5c7c(ccc5n6-c5ccccc5)-c5ccccc5C7(C)C)cc2c43)cc(C(C)(C)C)c1. The minimum atomic E-state index is -0.223. The summed E-state index contributed by atoms with van der Waals surface area (Å²) in [6.45, 7) is 33.2. The third kappa shape index (κ3) is 8.21. The van der Waals surface area contributed by atoms with E-state index in [2.05, 4.69) is 318 Å². The van der Waals surface area contributed by atoms with Crippen molar-refractivity contribution < 1.29 is 0 Å². The van der Waals surface area contributed by atoms with Gasteiger partial charge in [0.05, 0.1) is 11.0 Å². The molecule has 0 saturated carbocycles. The first-order chi connectivity index (χ1) is 40.4. The fraction of sp³-hybridized carbons (Fsp3) is 0.235. The van der Waals surface area contributed by atoms with Crippen molar-refractivity contribution in [3.8, 4) is 27.9 Å². The van der Waals surface area contributed by atoms with Gasteiger partial charge in [0, 0.05) is 56.0 Å². The summed E-state index contributed by atoms with van der Waals surface area (Å²) in [6, 6.07) is 80.4. The van der Waals surface area contributed by atoms with Crippen molar-refractivity contribution in [3.63, 3.8) is 0 Å². The van der Waals surface area contributed by atoms with Crippen LogP contribution >= 0.6 is 0 Å². The van der Waals surface area contributed by atoms with E-state index in [1.165, 1.54) is 149 Å². The molecule has 4 heteroatoms. The third-order valence-electron chi connectivity index (χ3n) is 19.4. The lowest BCUT2D eigenvalue weighted by Gasteiger charge is -2.45. The molecule has 12 aromatic rings. The molecule has 0 fully saturated rings. The first-order valence-corrected chi connectivity index (χ1v) is 30.8. The minimum absolute atomic E-state index is 0.0793. The Morgan fingerprint density at radius 1 is 0.353 bits per heavy atom. The average Bonchev–Trinajstić information content (AvgIpc) is 1.77. The van der Waals surface area contributed by atoms with Crippen LogP contribution in [-0.2, 0) is 27.1 Å². The Balaban J connectivity index is 1.11. The molecule has 3 nitrogen and oxygen atoms in total. The first kappa shape index (κ1) is 53.2. The van der Waals surface area contributed by atoms with Crippen LogP contribution in [0.15, 0.2) is 206 Å². The molecular formula is C81H76BN3. The van der Waals surface area contributed by atoms with E-state index in [0.29, 0.717) is 0 Å². The van der Waals surface area contributed by atoms with Gasteiger partial charge < -0.3 is 14.4 Å². The lowest BCUT2D eigenvalue weighted by Crippen LogP contribution is -2.61. The average molecular weight is 1100 g/mol. The smallest absolute Gasteiger partial charge is 0.252 e. The number of anilines is 6. The van der Waals surface area contributed by atoms with Gasteiger partial charge in [0.2, 0.25) is 0 Å². The molecule has 85 heavy (non-hydrogen) atoms. The summed E-state index contributed by atoms with van der Waals surface area (Å²) in [7, 11) is 0. The zero-order chi connectivity index (χ0) is 59.0. The number of nitrogens with zero attached hydrogens (tertiary/aromatic N) is 3. The highest BCUT2D eigenvalue weighted by molar-refractivity contribution is 7.00. The summed E-state index contributed by atoms with van der Waals surface area (Å²) in [4.78, 5) is 5.35. The van der Waals surface area contributed by atoms with E-state index >= 15 is 0 Å². The van der Waals surface area contributed by atoms with E-state index in [9.17, 15) is 0 Å². The minimum Gasteiger partial charge on any atom is -0.311 e. The highest BCUT2D eigenvalue weighted by Crippen LogP contribution is 2.55. The molecular weight excluding hydrogens is 1030 g/mol. The van der Waals surface area contributed by atoms with E-state index in [4.69, 9.17) is 0 Å². The van der Waals surface area contributed by atoms with E-state index in [-0.39, 0.29) is 33.8 Å². The summed E-state index contributed by atoms with van der Waals surface area (Å²) in [5.41, 5.74) is 27.3. The molecule has 3 aliphatic rings. The van der Waals surface area contributed by atoms with Crippen LogP contribution in [-0.4, -0.2) is 11.3 Å². The molecule has 11 aromatic carbocycles. The molecule has 15 rings (SSSR count). The van der Waals surface area contributed by atoms with Crippen molar-refractivity contribution in [3.05, 3.63) is 240 Å². The van der Waals surface area contributed by atoms with Crippen LogP contribution in [0.5, 0.6) is 0 Å². The van der Waals surface area contributed by atoms with Gasteiger partial charge in [-0.25, -0.2) is 0 Å². The molecule has 2 aliphatic heterocycles. The van der Waals surface area contributed by atoms with Crippen LogP contribution in [0.1, 0.15) is 130 Å². The van der Waals surface area contributed by atoms with Gasteiger partial charge in [0.15, 0.2) is 0 Å². The Labute approximate surface area is 503 Å². The fourth-order valence-electron chi connectivity index (χ4n) is 14.7. The molecule has 0 spiro atoms. The highest BCUT2D eigenvalue weighted by Gasteiger charge is 2.45. The molecule has 0 bridgehead atoms. The van der Waals surface area contributed by atoms with Crippen molar-refractivity contribution >= 4 is 101 Å². The van der Waals surface area contributed by atoms with Crippen LogP contribution in [0.25, 0.3) is 71.3 Å². The van der Waals surface area contributed by atoms with Crippen LogP contribution in [0, 0.1) is 0 Å². The summed E-state index contributed by atoms with van der Waals surface area (Å²) < 4.78 is 2.50. The Bertz CT molecular complexity index is 4540. The zero-order valence-electron chi connectivity index (χ0n) is 52.0. The van der Waals surface area contributed by atoms with Crippen molar-refractivity contribution in [2.45, 2.75) is 124 Å². The number of fused-ring (bicyclic) bond motifs is 13. The molecule has 1 aliphatic carbocycles. The lowest BCUT2D eigenvalue weighted by molar-refractivity contribution is 0.568. The second kappa shape index (κ2) is 18.2. The van der Waals surface area contributed by atoms with Gasteiger partial charge in [-0.1, -0.05) is 224 Å². The predicted molar refractivity (Wildman–Crippen MR) is 368 cm³/mol. The topological polar surface area (TPSA) is 11.4 Å². The van der Waals surface area contributed by atoms with Crippen LogP contribution < -0.4 is 26.2 Å². The van der Waals surface area contributed by atoms with Gasteiger partial charge in [-0.05, 0) is 194 Å². The van der Waals surface area contributed by atoms with Gasteiger partial charge in [-0.2, -0.15) is 0 Å². The fourth-order valence-corrected chi connectivity index (χ4v) is 14.7. The summed E-state index contributed by atoms with van der Waals surface area (Å²) in [6.07, 6.45) is 0. The molecule has 3 heterocycles. The third-order valence-corrected chi connectivity index (χ3v) is 19.4. The Morgan fingerprint density at radius 3 is 1.29 bits per heavy atom. The summed E-state index contributed by atoms with van der Waals surface area (Å²) in [5.74, 6) is 0. The second-order valence-corrected chi connectivity index (χ2v) is 29.5. The standard InChI is InChI=1S/C81H76BN3/c1-77(2,3)55-43-56(78(4,5)6)46-60(45-55)84-70-39-51-26-20-18-24-49(51)37-66(70)82-67-38-50-25-19-21-27-52(50)40-71(67)85(61-47-57(79(7,8)9)44-58(48-61)80(10,11)12)73-42-54(41-72(84)76(73)82)53-32-34-68-64(36-53)74-69(83(68)59-28-16-15-17-29-59)35-33-63-62-30-22-23-31-65(62)81(13,14)75(63)74/h15-48H,1-14H3. The number of para-hydroxylation sites is 1. The maximum atomic E-state index is 2.67. The number of benzene rings is 11. The van der Waals surface area contributed by atoms with Gasteiger partial charge >= 0.3 is 0 Å². The first-order valence-electron chi connectivity index (χ1n) is 30.8. The number of aromatic nitrogens is 1. The van der Waals surface area contributed by atoms with E-state index < -0.39 is 0 Å². The molecule has 0 radical (unpaired) electrons. The number of rotatable bonds is 4. The van der Waals surface area contributed by atoms with Gasteiger partial charge in [0.1, 0.15) is 0 Å². The maximum Gasteiger partial charge on any atom is 0.252 e. The van der Waals surface area contributed by atoms with E-state index in [0.717, 1.165) is 5.69 Å². The van der Waals surface area contributed by atoms with Crippen LogP contribution in [0.4, 0.5) is 34.1 Å². The van der Waals surface area contributed by atoms with Gasteiger partial charge in [-0.3, -0.25) is 0 Å². The van der Waals surface area contributed by atoms with Crippen LogP contribution in [0.3, 0.4) is 0 Å². The predicted octanol–water partition coefficient (Wildman–Crippen LogP) is 20.3. The summed E-state index contributed by atoms with van der Waals surface area (Å²) >= 11 is 0. The molecule has 0 unspecified atom stereocenters. The zero-order valence-corrected chi connectivity index (χ0v) is 52.0. The lowest BCUT2D eigenvalue weighted by atomic mass is 9.33. The van der Waals surface area contributed by atoms with Crippen molar-refractivity contribution in [1.82, 2.24) is 4.57 Å². The largest absolute Gasteiger partial charge is 0.311 e. The monoisotopic (exact) mass is 1100 g/mol. The summed E-state index contributed by atoms with van der Waals surface area (Å²) in [5, 5.41) is 7.56. The molecule has 418 valence electrons. The quantitative estimate of drug-likeness (QED) is 0.163. The maximum absolute atomic E-state index is 2.67. The number of hydrogen-bond acceptors (Lipinski definition) is 2. The molecule has 0 atom stereocenters. The Kier molecular flexibility index (Phi) is 11.4. The second-order valence-electron chi connectivity index (χ2n) is 29.5. The molecule has 0 saturated heterocycles. The van der Waals surface area contributed by atoms with Crippen molar-refractivity contribution in [2.24, 2.45) is 0 Å².